The first-order valence-corrected chi connectivity index (χ1v) is 8.31. The van der Waals surface area contributed by atoms with Crippen LogP contribution in [0.5, 0.6) is 0 Å². The maximum atomic E-state index is 11.0. The molecule has 0 radical (unpaired) electrons. The van der Waals surface area contributed by atoms with Gasteiger partial charge in [-0.25, -0.2) is 9.59 Å². The molecule has 0 saturated carbocycles. The smallest absolute Gasteiger partial charge is 0.211 e. The lowest BCUT2D eigenvalue weighted by Gasteiger charge is -2.24. The first-order chi connectivity index (χ1) is 10.5. The second-order valence-corrected chi connectivity index (χ2v) is 6.90. The van der Waals surface area contributed by atoms with Crippen LogP contribution in [0.25, 0.3) is 0 Å². The predicted octanol–water partition coefficient (Wildman–Crippen LogP) is 4.85. The molecule has 2 aromatic rings. The molecule has 0 aromatic heterocycles. The minimum Gasteiger partial charge on any atom is -0.211 e. The second kappa shape index (κ2) is 7.27. The lowest BCUT2D eigenvalue weighted by atomic mass is 9.92. The Morgan fingerprint density at radius 3 is 1.86 bits per heavy atom. The van der Waals surface area contributed by atoms with Gasteiger partial charge in [-0.1, -0.05) is 66.0 Å². The highest BCUT2D eigenvalue weighted by Gasteiger charge is 2.36. The van der Waals surface area contributed by atoms with E-state index in [9.17, 15) is 9.59 Å². The molecule has 2 rings (SSSR count). The van der Waals surface area contributed by atoms with Crippen LogP contribution >= 0.6 is 47.8 Å². The minimum atomic E-state index is -1.52. The van der Waals surface area contributed by atoms with E-state index in [-0.39, 0.29) is 0 Å². The van der Waals surface area contributed by atoms with Crippen LogP contribution in [-0.4, -0.2) is 12.2 Å². The number of hydrogen-bond donors (Lipinski definition) is 0. The maximum Gasteiger partial charge on any atom is 0.238 e. The molecular formula is C15H7Br3N2O2. The van der Waals surface area contributed by atoms with Gasteiger partial charge in [0.25, 0.3) is 0 Å². The Kier molecular flexibility index (Phi) is 5.62. The molecule has 0 heterocycles. The van der Waals surface area contributed by atoms with Crippen LogP contribution in [0.3, 0.4) is 0 Å². The van der Waals surface area contributed by atoms with Gasteiger partial charge in [0.2, 0.25) is 17.8 Å². The molecule has 7 heteroatoms. The quantitative estimate of drug-likeness (QED) is 0.458. The molecule has 0 fully saturated rings. The molecule has 110 valence electrons. The summed E-state index contributed by atoms with van der Waals surface area (Å²) in [5, 5.41) is 0. The van der Waals surface area contributed by atoms with Gasteiger partial charge in [-0.05, 0) is 24.3 Å². The third kappa shape index (κ3) is 3.35. The Morgan fingerprint density at radius 2 is 1.36 bits per heavy atom. The van der Waals surface area contributed by atoms with Gasteiger partial charge in [0.1, 0.15) is 0 Å². The van der Waals surface area contributed by atoms with Crippen molar-refractivity contribution < 1.29 is 9.59 Å². The van der Waals surface area contributed by atoms with E-state index in [2.05, 4.69) is 57.8 Å². The summed E-state index contributed by atoms with van der Waals surface area (Å²) < 4.78 is 2.32. The molecule has 0 unspecified atom stereocenters. The highest BCUT2D eigenvalue weighted by Crippen LogP contribution is 2.40. The second-order valence-electron chi connectivity index (χ2n) is 4.21. The van der Waals surface area contributed by atoms with Crippen LogP contribution < -0.4 is 0 Å². The molecular weight excluding hydrogens is 480 g/mol. The number of nitrogens with zero attached hydrogens (tertiary/aromatic N) is 2. The van der Waals surface area contributed by atoms with Gasteiger partial charge < -0.3 is 0 Å². The average Bonchev–Trinajstić information content (AvgIpc) is 2.48. The summed E-state index contributed by atoms with van der Waals surface area (Å²) >= 11 is 10.1. The van der Waals surface area contributed by atoms with E-state index in [1.807, 2.05) is 0 Å². The van der Waals surface area contributed by atoms with Gasteiger partial charge in [0, 0.05) is 24.5 Å². The van der Waals surface area contributed by atoms with Crippen molar-refractivity contribution in [1.29, 1.82) is 0 Å². The SMILES string of the molecule is O=C=NC(N=C=O)(c1ccc(Br)cc1)c1ccc(Br)cc1Br. The van der Waals surface area contributed by atoms with Crippen molar-refractivity contribution in [2.45, 2.75) is 5.66 Å². The Labute approximate surface area is 151 Å². The summed E-state index contributed by atoms with van der Waals surface area (Å²) in [6, 6.07) is 12.3. The molecule has 0 bridgehead atoms. The van der Waals surface area contributed by atoms with Crippen LogP contribution in [0.4, 0.5) is 0 Å². The number of isocyanates is 2. The summed E-state index contributed by atoms with van der Waals surface area (Å²) in [6.45, 7) is 0. The fraction of sp³-hybridized carbons (Fsp3) is 0.0667. The van der Waals surface area contributed by atoms with E-state index >= 15 is 0 Å². The van der Waals surface area contributed by atoms with Gasteiger partial charge in [-0.3, -0.25) is 0 Å². The molecule has 0 saturated heterocycles. The van der Waals surface area contributed by atoms with E-state index in [1.165, 1.54) is 12.2 Å². The molecule has 0 spiro atoms. The molecule has 2 aromatic carbocycles. The Balaban J connectivity index is 2.82. The Hall–Kier alpha value is -1.36. The first kappa shape index (κ1) is 17.0. The Bertz CT molecular complexity index is 775. The van der Waals surface area contributed by atoms with Crippen molar-refractivity contribution >= 4 is 59.9 Å². The van der Waals surface area contributed by atoms with E-state index in [1.54, 1.807) is 42.5 Å². The largest absolute Gasteiger partial charge is 0.238 e. The average molecular weight is 487 g/mol. The summed E-state index contributed by atoms with van der Waals surface area (Å²) in [6.07, 6.45) is 3.01. The number of halogens is 3. The van der Waals surface area contributed by atoms with Crippen molar-refractivity contribution in [3.8, 4) is 0 Å². The number of benzene rings is 2. The van der Waals surface area contributed by atoms with E-state index in [4.69, 9.17) is 0 Å². The molecule has 0 aliphatic carbocycles. The third-order valence-corrected chi connectivity index (χ3v) is 4.65. The van der Waals surface area contributed by atoms with Crippen molar-refractivity contribution in [1.82, 2.24) is 0 Å². The van der Waals surface area contributed by atoms with Gasteiger partial charge in [0.05, 0.1) is 0 Å². The molecule has 4 nitrogen and oxygen atoms in total. The van der Waals surface area contributed by atoms with Crippen LogP contribution in [0, 0.1) is 0 Å². The fourth-order valence-electron chi connectivity index (χ4n) is 2.02. The molecule has 0 N–H and O–H groups in total. The molecule has 0 aliphatic heterocycles. The number of carbonyl (C=O) groups excluding carboxylic acids is 2. The zero-order valence-electron chi connectivity index (χ0n) is 10.9. The molecule has 0 aliphatic rings. The number of aliphatic imine (C=N–C) groups is 2. The summed E-state index contributed by atoms with van der Waals surface area (Å²) in [5.74, 6) is 0. The standard InChI is InChI=1S/C15H7Br3N2O2/c16-11-3-1-10(2-4-11)15(19-8-21,20-9-22)13-6-5-12(17)7-14(13)18/h1-7H. The monoisotopic (exact) mass is 484 g/mol. The topological polar surface area (TPSA) is 58.9 Å². The highest BCUT2D eigenvalue weighted by molar-refractivity contribution is 9.11. The molecule has 22 heavy (non-hydrogen) atoms. The van der Waals surface area contributed by atoms with Gasteiger partial charge in [-0.15, -0.1) is 0 Å². The minimum absolute atomic E-state index is 0.532. The number of hydrogen-bond acceptors (Lipinski definition) is 4. The van der Waals surface area contributed by atoms with Crippen molar-refractivity contribution in [2.75, 3.05) is 0 Å². The van der Waals surface area contributed by atoms with Gasteiger partial charge >= 0.3 is 0 Å². The van der Waals surface area contributed by atoms with Crippen LogP contribution in [0.15, 0.2) is 65.9 Å². The third-order valence-electron chi connectivity index (χ3n) is 2.97. The number of rotatable bonds is 4. The summed E-state index contributed by atoms with van der Waals surface area (Å²) in [7, 11) is 0. The van der Waals surface area contributed by atoms with E-state index < -0.39 is 5.66 Å². The lowest BCUT2D eigenvalue weighted by molar-refractivity contribution is 0.515. The summed E-state index contributed by atoms with van der Waals surface area (Å²) in [5.41, 5.74) is -0.445. The maximum absolute atomic E-state index is 11.0. The van der Waals surface area contributed by atoms with Crippen LogP contribution in [-0.2, 0) is 15.3 Å². The van der Waals surface area contributed by atoms with Crippen molar-refractivity contribution in [2.24, 2.45) is 9.98 Å². The highest BCUT2D eigenvalue weighted by atomic mass is 79.9. The van der Waals surface area contributed by atoms with Gasteiger partial charge in [0.15, 0.2) is 0 Å². The van der Waals surface area contributed by atoms with E-state index in [0.717, 1.165) is 8.95 Å². The zero-order valence-corrected chi connectivity index (χ0v) is 15.6. The molecule has 0 amide bonds. The van der Waals surface area contributed by atoms with Crippen molar-refractivity contribution in [3.05, 3.63) is 67.0 Å². The van der Waals surface area contributed by atoms with E-state index in [0.29, 0.717) is 15.6 Å². The predicted molar refractivity (Wildman–Crippen MR) is 93.0 cm³/mol. The van der Waals surface area contributed by atoms with Crippen LogP contribution in [0.1, 0.15) is 11.1 Å². The first-order valence-electron chi connectivity index (χ1n) is 5.93. The molecule has 0 atom stereocenters. The fourth-order valence-corrected chi connectivity index (χ4v) is 3.60. The normalized spacial score (nSPS) is 12.7. The Morgan fingerprint density at radius 1 is 0.818 bits per heavy atom. The summed E-state index contributed by atoms with van der Waals surface area (Å²) in [4.78, 5) is 29.6. The zero-order chi connectivity index (χ0) is 16.2. The van der Waals surface area contributed by atoms with Gasteiger partial charge in [-0.2, -0.15) is 9.98 Å². The van der Waals surface area contributed by atoms with Crippen LogP contribution in [0.2, 0.25) is 0 Å². The lowest BCUT2D eigenvalue weighted by Crippen LogP contribution is -2.23. The van der Waals surface area contributed by atoms with Crippen molar-refractivity contribution in [3.63, 3.8) is 0 Å².